The van der Waals surface area contributed by atoms with E-state index in [2.05, 4.69) is 0 Å². The van der Waals surface area contributed by atoms with E-state index in [4.69, 9.17) is 18.9 Å². The van der Waals surface area contributed by atoms with Crippen molar-refractivity contribution in [3.05, 3.63) is 33.9 Å². The summed E-state index contributed by atoms with van der Waals surface area (Å²) in [5.74, 6) is 0.227. The fourth-order valence-corrected chi connectivity index (χ4v) is 1.71. The highest BCUT2D eigenvalue weighted by Crippen LogP contribution is 2.39. The Labute approximate surface area is 116 Å². The first-order valence-electron chi connectivity index (χ1n) is 5.67. The lowest BCUT2D eigenvalue weighted by atomic mass is 10.2. The van der Waals surface area contributed by atoms with Crippen LogP contribution in [0.4, 0.5) is 5.69 Å². The van der Waals surface area contributed by atoms with Crippen molar-refractivity contribution in [2.75, 3.05) is 27.0 Å². The van der Waals surface area contributed by atoms with E-state index in [1.807, 2.05) is 0 Å². The molecule has 1 rings (SSSR count). The van der Waals surface area contributed by atoms with Gasteiger partial charge < -0.3 is 18.9 Å². The zero-order valence-electron chi connectivity index (χ0n) is 11.1. The molecule has 1 aromatic rings. The van der Waals surface area contributed by atoms with Crippen molar-refractivity contribution >= 4 is 13.3 Å². The predicted molar refractivity (Wildman–Crippen MR) is 71.0 cm³/mol. The zero-order valence-corrected chi connectivity index (χ0v) is 12.0. The molecule has 0 aromatic heterocycles. The van der Waals surface area contributed by atoms with Gasteiger partial charge in [0.15, 0.2) is 0 Å². The third kappa shape index (κ3) is 5.66. The zero-order chi connectivity index (χ0) is 15.2. The Bertz CT molecular complexity index is 513. The van der Waals surface area contributed by atoms with E-state index >= 15 is 0 Å². The molecule has 0 aliphatic rings. The number of nitrogens with zero attached hydrogens (tertiary/aromatic N) is 1. The lowest BCUT2D eigenvalue weighted by Crippen LogP contribution is -2.07. The van der Waals surface area contributed by atoms with Crippen LogP contribution in [0.5, 0.6) is 5.75 Å². The number of nitro groups is 1. The van der Waals surface area contributed by atoms with Crippen molar-refractivity contribution in [3.8, 4) is 5.75 Å². The van der Waals surface area contributed by atoms with Crippen LogP contribution in [0.25, 0.3) is 0 Å². The van der Waals surface area contributed by atoms with Crippen LogP contribution >= 0.6 is 7.60 Å². The third-order valence-electron chi connectivity index (χ3n) is 2.27. The second-order valence-corrected chi connectivity index (χ2v) is 5.83. The summed E-state index contributed by atoms with van der Waals surface area (Å²) in [6.07, 6.45) is 0. The van der Waals surface area contributed by atoms with Crippen molar-refractivity contribution in [2.24, 2.45) is 0 Å². The van der Waals surface area contributed by atoms with Crippen LogP contribution in [-0.4, -0.2) is 36.8 Å². The third-order valence-corrected chi connectivity index (χ3v) is 2.87. The molecule has 9 heteroatoms. The van der Waals surface area contributed by atoms with E-state index in [0.717, 1.165) is 6.66 Å². The highest BCUT2D eigenvalue weighted by molar-refractivity contribution is 7.51. The van der Waals surface area contributed by atoms with Crippen molar-refractivity contribution in [1.29, 1.82) is 0 Å². The Balaban J connectivity index is 2.90. The molecule has 8 nitrogen and oxygen atoms in total. The molecule has 20 heavy (non-hydrogen) atoms. The average molecular weight is 305 g/mol. The van der Waals surface area contributed by atoms with Gasteiger partial charge in [-0.2, -0.15) is 0 Å². The fourth-order valence-electron chi connectivity index (χ4n) is 1.33. The maximum Gasteiger partial charge on any atom is 0.325 e. The molecular formula is C11H16NO7P. The number of ether oxygens (including phenoxy) is 2. The van der Waals surface area contributed by atoms with Gasteiger partial charge in [0.25, 0.3) is 5.69 Å². The van der Waals surface area contributed by atoms with Gasteiger partial charge in [-0.25, -0.2) is 0 Å². The number of hydrogen-bond acceptors (Lipinski definition) is 6. The van der Waals surface area contributed by atoms with Crippen molar-refractivity contribution < 1.29 is 28.4 Å². The number of rotatable bonds is 8. The standard InChI is InChI=1S/C11H16NO7P/c1-17-5-6-18-11-7-10(12(13)14)4-3-9(11)8-19-20(2,15)16/h3-4,7H,5-6,8H2,1-2H3,(H,15,16). The summed E-state index contributed by atoms with van der Waals surface area (Å²) in [4.78, 5) is 19.3. The summed E-state index contributed by atoms with van der Waals surface area (Å²) >= 11 is 0. The van der Waals surface area contributed by atoms with Crippen LogP contribution in [0, 0.1) is 10.1 Å². The molecule has 0 saturated carbocycles. The molecule has 1 aromatic carbocycles. The van der Waals surface area contributed by atoms with Gasteiger partial charge in [-0.15, -0.1) is 0 Å². The Kier molecular flexibility index (Phi) is 6.09. The maximum atomic E-state index is 11.1. The summed E-state index contributed by atoms with van der Waals surface area (Å²) in [5, 5.41) is 10.7. The maximum absolute atomic E-state index is 11.1. The van der Waals surface area contributed by atoms with E-state index in [-0.39, 0.29) is 24.7 Å². The van der Waals surface area contributed by atoms with Gasteiger partial charge >= 0.3 is 7.60 Å². The molecule has 0 amide bonds. The Morgan fingerprint density at radius 1 is 1.40 bits per heavy atom. The number of benzene rings is 1. The molecule has 1 N–H and O–H groups in total. The minimum absolute atomic E-state index is 0.134. The Morgan fingerprint density at radius 3 is 2.65 bits per heavy atom. The van der Waals surface area contributed by atoms with Gasteiger partial charge in [-0.1, -0.05) is 0 Å². The van der Waals surface area contributed by atoms with Crippen LogP contribution in [0.1, 0.15) is 5.56 Å². The van der Waals surface area contributed by atoms with Crippen LogP contribution < -0.4 is 4.74 Å². The van der Waals surface area contributed by atoms with Gasteiger partial charge in [-0.3, -0.25) is 14.7 Å². The first kappa shape index (κ1) is 16.6. The van der Waals surface area contributed by atoms with E-state index < -0.39 is 12.5 Å². The number of hydrogen-bond donors (Lipinski definition) is 1. The Hall–Kier alpha value is -1.47. The molecule has 0 bridgehead atoms. The molecule has 1 atom stereocenters. The van der Waals surface area contributed by atoms with Crippen LogP contribution in [0.2, 0.25) is 0 Å². The van der Waals surface area contributed by atoms with Gasteiger partial charge in [0.05, 0.1) is 24.2 Å². The normalized spacial score (nSPS) is 13.8. The molecule has 0 saturated heterocycles. The van der Waals surface area contributed by atoms with Crippen molar-refractivity contribution in [3.63, 3.8) is 0 Å². The van der Waals surface area contributed by atoms with E-state index in [1.54, 1.807) is 0 Å². The van der Waals surface area contributed by atoms with Crippen molar-refractivity contribution in [1.82, 2.24) is 0 Å². The highest BCUT2D eigenvalue weighted by atomic mass is 31.2. The smallest absolute Gasteiger partial charge is 0.325 e. The van der Waals surface area contributed by atoms with Gasteiger partial charge in [0.1, 0.15) is 12.4 Å². The SMILES string of the molecule is COCCOc1cc([N+](=O)[O-])ccc1COP(C)(=O)O. The first-order chi connectivity index (χ1) is 9.33. The van der Waals surface area contributed by atoms with Crippen molar-refractivity contribution in [2.45, 2.75) is 6.61 Å². The predicted octanol–water partition coefficient (Wildman–Crippen LogP) is 1.95. The lowest BCUT2D eigenvalue weighted by Gasteiger charge is -2.12. The van der Waals surface area contributed by atoms with E-state index in [1.165, 1.54) is 25.3 Å². The largest absolute Gasteiger partial charge is 0.491 e. The number of methoxy groups -OCH3 is 1. The van der Waals surface area contributed by atoms with Crippen LogP contribution in [0.15, 0.2) is 18.2 Å². The second kappa shape index (κ2) is 7.35. The molecule has 112 valence electrons. The first-order valence-corrected chi connectivity index (χ1v) is 7.70. The summed E-state index contributed by atoms with van der Waals surface area (Å²) in [7, 11) is -2.13. The topological polar surface area (TPSA) is 108 Å². The van der Waals surface area contributed by atoms with Crippen LogP contribution in [0.3, 0.4) is 0 Å². The molecule has 0 radical (unpaired) electrons. The average Bonchev–Trinajstić information content (AvgIpc) is 2.36. The van der Waals surface area contributed by atoms with E-state index in [0.29, 0.717) is 12.2 Å². The molecule has 0 aliphatic heterocycles. The molecule has 0 spiro atoms. The van der Waals surface area contributed by atoms with Gasteiger partial charge in [0, 0.05) is 25.4 Å². The molecule has 0 fully saturated rings. The molecule has 0 aliphatic carbocycles. The molecular weight excluding hydrogens is 289 g/mol. The molecule has 0 heterocycles. The number of non-ortho nitro benzene ring substituents is 1. The highest BCUT2D eigenvalue weighted by Gasteiger charge is 2.16. The second-order valence-electron chi connectivity index (χ2n) is 3.97. The van der Waals surface area contributed by atoms with Gasteiger partial charge in [0.2, 0.25) is 0 Å². The Morgan fingerprint density at radius 2 is 2.10 bits per heavy atom. The fraction of sp³-hybridized carbons (Fsp3) is 0.455. The number of nitro benzene ring substituents is 1. The quantitative estimate of drug-likeness (QED) is 0.338. The summed E-state index contributed by atoms with van der Waals surface area (Å²) in [6.45, 7) is 1.40. The molecule has 1 unspecified atom stereocenters. The summed E-state index contributed by atoms with van der Waals surface area (Å²) in [5.41, 5.74) is 0.313. The summed E-state index contributed by atoms with van der Waals surface area (Å²) < 4.78 is 26.1. The lowest BCUT2D eigenvalue weighted by molar-refractivity contribution is -0.385. The van der Waals surface area contributed by atoms with Crippen LogP contribution in [-0.2, 0) is 20.4 Å². The van der Waals surface area contributed by atoms with Gasteiger partial charge in [-0.05, 0) is 6.07 Å². The summed E-state index contributed by atoms with van der Waals surface area (Å²) in [6, 6.07) is 3.95. The minimum atomic E-state index is -3.63. The monoisotopic (exact) mass is 305 g/mol. The minimum Gasteiger partial charge on any atom is -0.491 e. The van der Waals surface area contributed by atoms with E-state index in [9.17, 15) is 14.7 Å².